The molecule has 0 atom stereocenters. The summed E-state index contributed by atoms with van der Waals surface area (Å²) < 4.78 is 32.8. The first-order valence-electron chi connectivity index (χ1n) is 10.9. The first kappa shape index (κ1) is 23.8. The van der Waals surface area contributed by atoms with Crippen LogP contribution in [-0.4, -0.2) is 36.2 Å². The molecule has 0 bridgehead atoms. The standard InChI is InChI=1S/C24H28N4O5S/c1-14(2)9-11-28-23-17(6-5-10-25-23)21(29)20(24(28)30)22-26-18-8-7-16(33-13-15(3)4)12-19(18)34(31,32)27-22/h5-8,10,12,14,29,31-32H,3,9,11,13H2,1-2,4H3,(H,26,27). The fraction of sp³-hybridized carbons (Fsp3) is 0.292. The zero-order valence-electron chi connectivity index (χ0n) is 19.3. The van der Waals surface area contributed by atoms with Crippen molar-refractivity contribution in [2.24, 2.45) is 10.3 Å². The maximum atomic E-state index is 13.5. The van der Waals surface area contributed by atoms with E-state index in [1.807, 2.05) is 6.92 Å². The number of pyridine rings is 2. The molecular weight excluding hydrogens is 456 g/mol. The van der Waals surface area contributed by atoms with Crippen molar-refractivity contribution in [2.45, 2.75) is 38.6 Å². The van der Waals surface area contributed by atoms with Crippen LogP contribution in [0.5, 0.6) is 11.5 Å². The van der Waals surface area contributed by atoms with Crippen LogP contribution in [0.15, 0.2) is 62.8 Å². The summed E-state index contributed by atoms with van der Waals surface area (Å²) >= 11 is 0. The Morgan fingerprint density at radius 2 is 2.06 bits per heavy atom. The summed E-state index contributed by atoms with van der Waals surface area (Å²) in [5.41, 5.74) is 0.870. The van der Waals surface area contributed by atoms with E-state index >= 15 is 0 Å². The molecule has 0 amide bonds. The quantitative estimate of drug-likeness (QED) is 0.347. The molecule has 3 aromatic rings. The molecular formula is C24H28N4O5S. The van der Waals surface area contributed by atoms with Gasteiger partial charge in [-0.2, -0.15) is 0 Å². The molecule has 0 saturated heterocycles. The Morgan fingerprint density at radius 3 is 2.76 bits per heavy atom. The fourth-order valence-corrected chi connectivity index (χ4v) is 4.81. The molecule has 2 aromatic heterocycles. The topological polar surface area (TPSA) is 129 Å². The third kappa shape index (κ3) is 4.52. The summed E-state index contributed by atoms with van der Waals surface area (Å²) in [5.74, 6) is 0.334. The van der Waals surface area contributed by atoms with E-state index in [1.165, 1.54) is 10.6 Å². The molecule has 180 valence electrons. The van der Waals surface area contributed by atoms with Gasteiger partial charge in [0.2, 0.25) is 0 Å². The molecule has 4 N–H and O–H groups in total. The minimum atomic E-state index is -3.68. The lowest BCUT2D eigenvalue weighted by atomic mass is 10.1. The minimum Gasteiger partial charge on any atom is -0.506 e. The number of ether oxygens (including phenoxy) is 1. The highest BCUT2D eigenvalue weighted by molar-refractivity contribution is 8.23. The lowest BCUT2D eigenvalue weighted by Crippen LogP contribution is -2.32. The number of aromatic hydroxyl groups is 1. The average Bonchev–Trinajstić information content (AvgIpc) is 2.77. The van der Waals surface area contributed by atoms with Crippen molar-refractivity contribution in [1.29, 1.82) is 0 Å². The van der Waals surface area contributed by atoms with Crippen LogP contribution >= 0.6 is 10.8 Å². The van der Waals surface area contributed by atoms with Crippen LogP contribution in [0.1, 0.15) is 32.8 Å². The monoisotopic (exact) mass is 484 g/mol. The number of aryl methyl sites for hydroxylation is 1. The zero-order valence-corrected chi connectivity index (χ0v) is 20.1. The molecule has 0 fully saturated rings. The predicted octanol–water partition coefficient (Wildman–Crippen LogP) is 5.00. The predicted molar refractivity (Wildman–Crippen MR) is 135 cm³/mol. The van der Waals surface area contributed by atoms with Gasteiger partial charge < -0.3 is 15.2 Å². The van der Waals surface area contributed by atoms with Gasteiger partial charge in [0.1, 0.15) is 34.2 Å². The van der Waals surface area contributed by atoms with Crippen molar-refractivity contribution in [1.82, 2.24) is 9.55 Å². The summed E-state index contributed by atoms with van der Waals surface area (Å²) in [6.45, 7) is 10.4. The first-order valence-corrected chi connectivity index (χ1v) is 12.4. The number of fused-ring (bicyclic) bond motifs is 2. The van der Waals surface area contributed by atoms with Crippen LogP contribution in [0.25, 0.3) is 11.0 Å². The second-order valence-electron chi connectivity index (χ2n) is 8.72. The first-order chi connectivity index (χ1) is 16.1. The average molecular weight is 485 g/mol. The van der Waals surface area contributed by atoms with Gasteiger partial charge in [0.15, 0.2) is 5.84 Å². The number of rotatable bonds is 7. The smallest absolute Gasteiger partial charge is 0.267 e. The van der Waals surface area contributed by atoms with Crippen LogP contribution < -0.4 is 15.6 Å². The fourth-order valence-electron chi connectivity index (χ4n) is 3.64. The molecule has 0 saturated carbocycles. The van der Waals surface area contributed by atoms with Crippen molar-refractivity contribution >= 4 is 33.3 Å². The van der Waals surface area contributed by atoms with Crippen molar-refractivity contribution in [3.05, 3.63) is 64.6 Å². The van der Waals surface area contributed by atoms with E-state index < -0.39 is 16.3 Å². The van der Waals surface area contributed by atoms with E-state index in [2.05, 4.69) is 35.1 Å². The van der Waals surface area contributed by atoms with Gasteiger partial charge in [-0.1, -0.05) is 31.2 Å². The number of aromatic nitrogens is 2. The van der Waals surface area contributed by atoms with E-state index in [0.29, 0.717) is 34.9 Å². The molecule has 4 rings (SSSR count). The molecule has 0 radical (unpaired) electrons. The van der Waals surface area contributed by atoms with Crippen molar-refractivity contribution in [3.63, 3.8) is 0 Å². The van der Waals surface area contributed by atoms with Crippen LogP contribution in [0.3, 0.4) is 0 Å². The molecule has 0 unspecified atom stereocenters. The largest absolute Gasteiger partial charge is 0.506 e. The summed E-state index contributed by atoms with van der Waals surface area (Å²) in [7, 11) is -3.68. The molecule has 1 aliphatic heterocycles. The number of amidine groups is 1. The lowest BCUT2D eigenvalue weighted by Gasteiger charge is -2.34. The number of nitrogens with zero attached hydrogens (tertiary/aromatic N) is 3. The third-order valence-corrected chi connectivity index (χ3v) is 6.73. The maximum absolute atomic E-state index is 13.5. The zero-order chi connectivity index (χ0) is 24.6. The molecule has 0 spiro atoms. The van der Waals surface area contributed by atoms with Crippen molar-refractivity contribution in [2.75, 3.05) is 11.9 Å². The van der Waals surface area contributed by atoms with E-state index in [-0.39, 0.29) is 28.7 Å². The minimum absolute atomic E-state index is 0.116. The van der Waals surface area contributed by atoms with Gasteiger partial charge in [-0.15, -0.1) is 4.40 Å². The van der Waals surface area contributed by atoms with Gasteiger partial charge in [0, 0.05) is 18.8 Å². The Labute approximate surface area is 198 Å². The Morgan fingerprint density at radius 1 is 1.29 bits per heavy atom. The van der Waals surface area contributed by atoms with Gasteiger partial charge in [0.05, 0.1) is 11.1 Å². The SMILES string of the molecule is C=C(C)COc1ccc2c(c1)S(O)(O)N=C(c1c(O)c3cccnc3n(CCC(C)C)c1=O)N2. The number of nitrogens with one attached hydrogen (secondary N) is 1. The third-order valence-electron chi connectivity index (χ3n) is 5.37. The van der Waals surface area contributed by atoms with E-state index in [4.69, 9.17) is 4.74 Å². The Kier molecular flexibility index (Phi) is 6.39. The van der Waals surface area contributed by atoms with Crippen LogP contribution in [-0.2, 0) is 6.54 Å². The van der Waals surface area contributed by atoms with Crippen molar-refractivity contribution in [3.8, 4) is 11.5 Å². The summed E-state index contributed by atoms with van der Waals surface area (Å²) in [6, 6.07) is 8.09. The highest BCUT2D eigenvalue weighted by atomic mass is 32.3. The normalized spacial score (nSPS) is 15.4. The van der Waals surface area contributed by atoms with Gasteiger partial charge in [-0.25, -0.2) is 4.98 Å². The molecule has 0 aliphatic carbocycles. The molecule has 34 heavy (non-hydrogen) atoms. The van der Waals surface area contributed by atoms with Gasteiger partial charge in [0.25, 0.3) is 5.56 Å². The van der Waals surface area contributed by atoms with E-state index in [9.17, 15) is 19.0 Å². The van der Waals surface area contributed by atoms with E-state index in [0.717, 1.165) is 12.0 Å². The van der Waals surface area contributed by atoms with Gasteiger partial charge in [-0.05, 0) is 49.1 Å². The summed E-state index contributed by atoms with van der Waals surface area (Å²) in [6.07, 6.45) is 2.28. The summed E-state index contributed by atoms with van der Waals surface area (Å²) in [5, 5.41) is 14.4. The molecule has 10 heteroatoms. The molecule has 3 heterocycles. The van der Waals surface area contributed by atoms with Crippen molar-refractivity contribution < 1.29 is 18.9 Å². The van der Waals surface area contributed by atoms with Crippen LogP contribution in [0.4, 0.5) is 5.69 Å². The number of hydrogen-bond acceptors (Lipinski definition) is 8. The Hall–Kier alpha value is -3.34. The number of hydrogen-bond donors (Lipinski definition) is 4. The Balaban J connectivity index is 1.83. The molecule has 1 aliphatic rings. The van der Waals surface area contributed by atoms with Crippen LogP contribution in [0.2, 0.25) is 0 Å². The lowest BCUT2D eigenvalue weighted by molar-refractivity contribution is 0.351. The Bertz CT molecular complexity index is 1360. The maximum Gasteiger partial charge on any atom is 0.267 e. The highest BCUT2D eigenvalue weighted by Crippen LogP contribution is 2.56. The molecule has 1 aromatic carbocycles. The number of benzene rings is 1. The number of anilines is 1. The highest BCUT2D eigenvalue weighted by Gasteiger charge is 2.31. The second kappa shape index (κ2) is 9.13. The van der Waals surface area contributed by atoms with Gasteiger partial charge >= 0.3 is 0 Å². The summed E-state index contributed by atoms with van der Waals surface area (Å²) in [4.78, 5) is 17.9. The van der Waals surface area contributed by atoms with Crippen LogP contribution in [0, 0.1) is 5.92 Å². The molecule has 9 nitrogen and oxygen atoms in total. The second-order valence-corrected chi connectivity index (χ2v) is 10.4. The van der Waals surface area contributed by atoms with Gasteiger partial charge in [-0.3, -0.25) is 18.5 Å². The van der Waals surface area contributed by atoms with E-state index in [1.54, 1.807) is 30.5 Å².